The maximum atomic E-state index is 12.4. The molecule has 7 nitrogen and oxygen atoms in total. The van der Waals surface area contributed by atoms with Crippen LogP contribution in [0.5, 0.6) is 11.5 Å². The number of hydrogen-bond acceptors (Lipinski definition) is 6. The first kappa shape index (κ1) is 15.9. The Bertz CT molecular complexity index is 895. The Balaban J connectivity index is 1.59. The van der Waals surface area contributed by atoms with Crippen molar-refractivity contribution in [1.82, 2.24) is 14.8 Å². The van der Waals surface area contributed by atoms with E-state index >= 15 is 0 Å². The van der Waals surface area contributed by atoms with Crippen LogP contribution in [0.4, 0.5) is 3.89 Å². The summed E-state index contributed by atoms with van der Waals surface area (Å²) < 4.78 is 44.5. The molecule has 0 spiro atoms. The van der Waals surface area contributed by atoms with Gasteiger partial charge in [-0.1, -0.05) is 16.0 Å². The number of ether oxygens (including phenoxy) is 1. The molecular formula is C15H12FN3O4S. The van der Waals surface area contributed by atoms with Gasteiger partial charge >= 0.3 is 10.5 Å². The summed E-state index contributed by atoms with van der Waals surface area (Å²) in [7, 11) is -5.02. The zero-order chi connectivity index (χ0) is 17.0. The van der Waals surface area contributed by atoms with Crippen molar-refractivity contribution in [2.24, 2.45) is 0 Å². The van der Waals surface area contributed by atoms with Crippen LogP contribution >= 0.6 is 0 Å². The molecule has 1 aromatic heterocycles. The maximum Gasteiger partial charge on any atom is 0.488 e. The van der Waals surface area contributed by atoms with Crippen LogP contribution < -0.4 is 8.92 Å². The van der Waals surface area contributed by atoms with Crippen molar-refractivity contribution in [3.05, 3.63) is 66.7 Å². The molecule has 0 aliphatic carbocycles. The van der Waals surface area contributed by atoms with Crippen LogP contribution in [-0.4, -0.2) is 23.2 Å². The number of halogens is 1. The van der Waals surface area contributed by atoms with E-state index in [0.717, 1.165) is 11.3 Å². The highest BCUT2D eigenvalue weighted by molar-refractivity contribution is 7.81. The summed E-state index contributed by atoms with van der Waals surface area (Å²) in [4.78, 5) is 3.88. The van der Waals surface area contributed by atoms with Crippen LogP contribution in [-0.2, 0) is 17.1 Å². The second-order valence-corrected chi connectivity index (χ2v) is 5.70. The highest BCUT2D eigenvalue weighted by Crippen LogP contribution is 2.20. The van der Waals surface area contributed by atoms with E-state index in [1.54, 1.807) is 11.0 Å². The van der Waals surface area contributed by atoms with E-state index < -0.39 is 10.5 Å². The van der Waals surface area contributed by atoms with Crippen LogP contribution in [0, 0.1) is 0 Å². The Morgan fingerprint density at radius 2 is 1.67 bits per heavy atom. The second kappa shape index (κ2) is 6.67. The summed E-state index contributed by atoms with van der Waals surface area (Å²) in [6.45, 7) is 0.319. The smallest absolute Gasteiger partial charge is 0.488 e. The van der Waals surface area contributed by atoms with Crippen LogP contribution in [0.1, 0.15) is 5.56 Å². The summed E-state index contributed by atoms with van der Waals surface area (Å²) >= 11 is 0. The van der Waals surface area contributed by atoms with Gasteiger partial charge in [0, 0.05) is 0 Å². The molecule has 124 valence electrons. The molecule has 0 unspecified atom stereocenters. The molecule has 2 aromatic carbocycles. The monoisotopic (exact) mass is 349 g/mol. The minimum atomic E-state index is -5.02. The molecule has 0 N–H and O–H groups in total. The molecule has 0 radical (unpaired) electrons. The Kier molecular flexibility index (Phi) is 4.43. The minimum absolute atomic E-state index is 0.123. The Morgan fingerprint density at radius 1 is 1.00 bits per heavy atom. The molecule has 0 aliphatic rings. The van der Waals surface area contributed by atoms with Gasteiger partial charge in [0.1, 0.15) is 30.8 Å². The van der Waals surface area contributed by atoms with Gasteiger partial charge in [-0.3, -0.25) is 0 Å². The quantitative estimate of drug-likeness (QED) is 0.636. The Morgan fingerprint density at radius 3 is 2.25 bits per heavy atom. The number of benzene rings is 2. The fourth-order valence-corrected chi connectivity index (χ4v) is 2.30. The predicted octanol–water partition coefficient (Wildman–Crippen LogP) is 2.44. The van der Waals surface area contributed by atoms with Crippen LogP contribution in [0.3, 0.4) is 0 Å². The molecule has 1 heterocycles. The molecule has 0 fully saturated rings. The zero-order valence-corrected chi connectivity index (χ0v) is 13.1. The summed E-state index contributed by atoms with van der Waals surface area (Å²) in [6, 6.07) is 13.1. The molecule has 0 amide bonds. The first-order valence-corrected chi connectivity index (χ1v) is 8.11. The number of rotatable bonds is 6. The SMILES string of the molecule is O=S(=O)(F)Oc1ccc(OCc2ccc(-n3cncn3)cc2)cc1. The number of aromatic nitrogens is 3. The van der Waals surface area contributed by atoms with Crippen molar-refractivity contribution in [3.63, 3.8) is 0 Å². The van der Waals surface area contributed by atoms with Crippen molar-refractivity contribution in [2.45, 2.75) is 6.61 Å². The average Bonchev–Trinajstić information content (AvgIpc) is 3.08. The van der Waals surface area contributed by atoms with E-state index in [1.807, 2.05) is 24.3 Å². The van der Waals surface area contributed by atoms with E-state index in [1.165, 1.54) is 30.6 Å². The largest absolute Gasteiger partial charge is 0.489 e. The Labute approximate surface area is 137 Å². The van der Waals surface area contributed by atoms with Gasteiger partial charge in [0.05, 0.1) is 5.69 Å². The third-order valence-corrected chi connectivity index (χ3v) is 3.44. The van der Waals surface area contributed by atoms with Gasteiger partial charge in [0.25, 0.3) is 0 Å². The standard InChI is InChI=1S/C15H12FN3O4S/c16-24(20,21)23-15-7-5-14(6-8-15)22-9-12-1-3-13(4-2-12)19-11-17-10-18-19/h1-8,10-11H,9H2. The van der Waals surface area contributed by atoms with E-state index in [4.69, 9.17) is 4.74 Å². The van der Waals surface area contributed by atoms with Crippen LogP contribution in [0.15, 0.2) is 61.2 Å². The van der Waals surface area contributed by atoms with Crippen molar-refractivity contribution in [3.8, 4) is 17.2 Å². The zero-order valence-electron chi connectivity index (χ0n) is 12.2. The van der Waals surface area contributed by atoms with Crippen molar-refractivity contribution in [2.75, 3.05) is 0 Å². The predicted molar refractivity (Wildman–Crippen MR) is 82.8 cm³/mol. The highest BCUT2D eigenvalue weighted by atomic mass is 32.3. The van der Waals surface area contributed by atoms with E-state index in [-0.39, 0.29) is 5.75 Å². The minimum Gasteiger partial charge on any atom is -0.489 e. The van der Waals surface area contributed by atoms with Gasteiger partial charge < -0.3 is 8.92 Å². The molecule has 0 saturated carbocycles. The lowest BCUT2D eigenvalue weighted by atomic mass is 10.2. The lowest BCUT2D eigenvalue weighted by molar-refractivity contribution is 0.306. The van der Waals surface area contributed by atoms with Gasteiger partial charge in [0.2, 0.25) is 0 Å². The third-order valence-electron chi connectivity index (χ3n) is 3.04. The third kappa shape index (κ3) is 4.29. The molecule has 9 heteroatoms. The molecule has 0 bridgehead atoms. The molecule has 3 rings (SSSR count). The van der Waals surface area contributed by atoms with Crippen LogP contribution in [0.2, 0.25) is 0 Å². The first-order valence-electron chi connectivity index (χ1n) is 6.80. The lowest BCUT2D eigenvalue weighted by Crippen LogP contribution is -2.01. The summed E-state index contributed by atoms with van der Waals surface area (Å²) in [5.74, 6) is 0.376. The molecule has 0 saturated heterocycles. The van der Waals surface area contributed by atoms with E-state index in [9.17, 15) is 12.3 Å². The molecule has 24 heavy (non-hydrogen) atoms. The topological polar surface area (TPSA) is 83.3 Å². The van der Waals surface area contributed by atoms with Crippen molar-refractivity contribution >= 4 is 10.5 Å². The van der Waals surface area contributed by atoms with Gasteiger partial charge in [0.15, 0.2) is 0 Å². The Hall–Kier alpha value is -2.94. The summed E-state index contributed by atoms with van der Waals surface area (Å²) in [5, 5.41) is 4.04. The lowest BCUT2D eigenvalue weighted by Gasteiger charge is -2.08. The van der Waals surface area contributed by atoms with E-state index in [2.05, 4.69) is 14.3 Å². The van der Waals surface area contributed by atoms with Gasteiger partial charge in [-0.05, 0) is 42.0 Å². The van der Waals surface area contributed by atoms with E-state index in [0.29, 0.717) is 12.4 Å². The fraction of sp³-hybridized carbons (Fsp3) is 0.0667. The second-order valence-electron chi connectivity index (χ2n) is 4.74. The van der Waals surface area contributed by atoms with Gasteiger partial charge in [-0.2, -0.15) is 13.5 Å². The number of hydrogen-bond donors (Lipinski definition) is 0. The average molecular weight is 349 g/mol. The molecule has 0 aliphatic heterocycles. The fourth-order valence-electron chi connectivity index (χ4n) is 1.96. The van der Waals surface area contributed by atoms with Crippen LogP contribution in [0.25, 0.3) is 5.69 Å². The maximum absolute atomic E-state index is 12.4. The molecule has 3 aromatic rings. The van der Waals surface area contributed by atoms with Crippen molar-refractivity contribution < 1.29 is 21.2 Å². The van der Waals surface area contributed by atoms with Gasteiger partial charge in [-0.15, -0.1) is 0 Å². The first-order chi connectivity index (χ1) is 11.5. The molecular weight excluding hydrogens is 337 g/mol. The summed E-state index contributed by atoms with van der Waals surface area (Å²) in [6.07, 6.45) is 3.06. The van der Waals surface area contributed by atoms with Gasteiger partial charge in [-0.25, -0.2) is 9.67 Å². The molecule has 0 atom stereocenters. The number of nitrogens with zero attached hydrogens (tertiary/aromatic N) is 3. The summed E-state index contributed by atoms with van der Waals surface area (Å²) in [5.41, 5.74) is 1.82. The normalized spacial score (nSPS) is 11.2. The highest BCUT2D eigenvalue weighted by Gasteiger charge is 2.09. The van der Waals surface area contributed by atoms with Crippen molar-refractivity contribution in [1.29, 1.82) is 0 Å².